The number of rotatable bonds is 3. The van der Waals surface area contributed by atoms with Crippen LogP contribution in [-0.2, 0) is 9.53 Å². The molecule has 6 nitrogen and oxygen atoms in total. The number of methoxy groups -OCH3 is 1. The molecule has 0 radical (unpaired) electrons. The van der Waals surface area contributed by atoms with Gasteiger partial charge in [-0.05, 0) is 0 Å². The van der Waals surface area contributed by atoms with E-state index in [0.717, 1.165) is 0 Å². The number of nitrogens with zero attached hydrogens (tertiary/aromatic N) is 1. The molecule has 0 saturated carbocycles. The number of hydrazine groups is 1. The smallest absolute Gasteiger partial charge is 0.272 e. The van der Waals surface area contributed by atoms with Crippen LogP contribution in [0.5, 0.6) is 0 Å². The van der Waals surface area contributed by atoms with Gasteiger partial charge >= 0.3 is 0 Å². The summed E-state index contributed by atoms with van der Waals surface area (Å²) < 4.78 is 4.64. The van der Waals surface area contributed by atoms with Crippen LogP contribution in [0.2, 0.25) is 0 Å². The number of hydrogen-bond acceptors (Lipinski definition) is 5. The summed E-state index contributed by atoms with van der Waals surface area (Å²) in [5.74, 6) is 4.32. The summed E-state index contributed by atoms with van der Waals surface area (Å²) >= 11 is 0. The summed E-state index contributed by atoms with van der Waals surface area (Å²) in [5, 5.41) is 0. The van der Waals surface area contributed by atoms with Gasteiger partial charge in [0.2, 0.25) is 0 Å². The van der Waals surface area contributed by atoms with Gasteiger partial charge in [-0.1, -0.05) is 0 Å². The molecular formula is C6H12N4O2. The molecule has 0 aromatic rings. The van der Waals surface area contributed by atoms with E-state index in [0.29, 0.717) is 0 Å². The number of ether oxygens (including phenoxy) is 1. The lowest BCUT2D eigenvalue weighted by molar-refractivity contribution is -0.117. The fourth-order valence-corrected chi connectivity index (χ4v) is 0.551. The topological polar surface area (TPSA) is 103 Å². The van der Waals surface area contributed by atoms with E-state index in [1.807, 2.05) is 5.43 Å². The first-order valence-electron chi connectivity index (χ1n) is 3.14. The Bertz CT molecular complexity index is 222. The van der Waals surface area contributed by atoms with Crippen molar-refractivity contribution in [1.29, 1.82) is 0 Å². The molecule has 0 aromatic heterocycles. The Morgan fingerprint density at radius 3 is 2.58 bits per heavy atom. The van der Waals surface area contributed by atoms with E-state index in [4.69, 9.17) is 11.6 Å². The van der Waals surface area contributed by atoms with Gasteiger partial charge in [0, 0.05) is 13.3 Å². The average Bonchev–Trinajstić information content (AvgIpc) is 2.11. The molecule has 0 aromatic carbocycles. The summed E-state index contributed by atoms with van der Waals surface area (Å²) in [7, 11) is 2.86. The lowest BCUT2D eigenvalue weighted by Crippen LogP contribution is -2.33. The first-order valence-corrected chi connectivity index (χ1v) is 3.14. The molecule has 1 amide bonds. The van der Waals surface area contributed by atoms with Gasteiger partial charge in [0.15, 0.2) is 5.88 Å². The van der Waals surface area contributed by atoms with Crippen molar-refractivity contribution in [2.45, 2.75) is 0 Å². The minimum absolute atomic E-state index is 0.0245. The van der Waals surface area contributed by atoms with E-state index in [9.17, 15) is 4.79 Å². The van der Waals surface area contributed by atoms with Crippen molar-refractivity contribution in [1.82, 2.24) is 5.43 Å². The molecule has 0 rings (SSSR count). The number of nitrogens with one attached hydrogen (secondary N) is 1. The minimum atomic E-state index is -0.542. The monoisotopic (exact) mass is 172 g/mol. The Hall–Kier alpha value is -1.56. The molecule has 0 fully saturated rings. The van der Waals surface area contributed by atoms with Crippen LogP contribution in [0.3, 0.4) is 0 Å². The van der Waals surface area contributed by atoms with E-state index in [1.54, 1.807) is 0 Å². The third-order valence-corrected chi connectivity index (χ3v) is 1.12. The summed E-state index contributed by atoms with van der Waals surface area (Å²) in [6.07, 6.45) is 1.26. The Labute approximate surface area is 70.2 Å². The molecule has 5 N–H and O–H groups in total. The van der Waals surface area contributed by atoms with E-state index >= 15 is 0 Å². The van der Waals surface area contributed by atoms with Gasteiger partial charge < -0.3 is 10.5 Å². The van der Waals surface area contributed by atoms with Crippen molar-refractivity contribution in [3.05, 3.63) is 11.5 Å². The van der Waals surface area contributed by atoms with Crippen LogP contribution in [0.4, 0.5) is 0 Å². The third-order valence-electron chi connectivity index (χ3n) is 1.12. The van der Waals surface area contributed by atoms with Gasteiger partial charge in [0.1, 0.15) is 5.57 Å². The Kier molecular flexibility index (Phi) is 4.47. The summed E-state index contributed by atoms with van der Waals surface area (Å²) in [6, 6.07) is 0. The van der Waals surface area contributed by atoms with Gasteiger partial charge in [-0.25, -0.2) is 5.84 Å². The van der Waals surface area contributed by atoms with E-state index in [2.05, 4.69) is 9.73 Å². The van der Waals surface area contributed by atoms with Gasteiger partial charge in [-0.15, -0.1) is 0 Å². The molecule has 0 spiro atoms. The Morgan fingerprint density at radius 1 is 1.67 bits per heavy atom. The highest BCUT2D eigenvalue weighted by Gasteiger charge is 2.10. The maximum Gasteiger partial charge on any atom is 0.272 e. The molecule has 0 saturated heterocycles. The number of nitrogens with two attached hydrogens (primary N) is 2. The van der Waals surface area contributed by atoms with E-state index in [1.165, 1.54) is 20.4 Å². The zero-order valence-electron chi connectivity index (χ0n) is 7.00. The first kappa shape index (κ1) is 10.4. The number of amides is 1. The number of aliphatic imine (C=N–C) groups is 1. The fraction of sp³-hybridized carbons (Fsp3) is 0.333. The second-order valence-electron chi connectivity index (χ2n) is 1.84. The lowest BCUT2D eigenvalue weighted by Gasteiger charge is -2.03. The van der Waals surface area contributed by atoms with Gasteiger partial charge in [-0.2, -0.15) is 0 Å². The van der Waals surface area contributed by atoms with Crippen molar-refractivity contribution in [3.63, 3.8) is 0 Å². The summed E-state index contributed by atoms with van der Waals surface area (Å²) in [6.45, 7) is 0. The van der Waals surface area contributed by atoms with Gasteiger partial charge in [-0.3, -0.25) is 15.2 Å². The summed E-state index contributed by atoms with van der Waals surface area (Å²) in [5.41, 5.74) is 7.35. The molecular weight excluding hydrogens is 160 g/mol. The quantitative estimate of drug-likeness (QED) is 0.120. The first-order chi connectivity index (χ1) is 5.67. The second kappa shape index (κ2) is 5.14. The van der Waals surface area contributed by atoms with Crippen LogP contribution in [-0.4, -0.2) is 26.3 Å². The van der Waals surface area contributed by atoms with Crippen LogP contribution >= 0.6 is 0 Å². The Morgan fingerprint density at radius 2 is 2.25 bits per heavy atom. The molecule has 0 atom stereocenters. The number of hydrogen-bond donors (Lipinski definition) is 3. The van der Waals surface area contributed by atoms with Crippen molar-refractivity contribution < 1.29 is 9.53 Å². The number of carbonyl (C=O) groups excluding carboxylic acids is 1. The minimum Gasteiger partial charge on any atom is -0.482 e. The number of carbonyl (C=O) groups is 1. The van der Waals surface area contributed by atoms with Crippen LogP contribution < -0.4 is 17.0 Å². The van der Waals surface area contributed by atoms with Crippen molar-refractivity contribution in [3.8, 4) is 0 Å². The normalized spacial score (nSPS) is 12.6. The van der Waals surface area contributed by atoms with Crippen molar-refractivity contribution in [2.75, 3.05) is 14.2 Å². The fourth-order valence-electron chi connectivity index (χ4n) is 0.551. The largest absolute Gasteiger partial charge is 0.482 e. The molecule has 0 aliphatic carbocycles. The molecule has 0 bridgehead atoms. The highest BCUT2D eigenvalue weighted by atomic mass is 16.5. The van der Waals surface area contributed by atoms with E-state index < -0.39 is 5.91 Å². The third kappa shape index (κ3) is 2.59. The average molecular weight is 172 g/mol. The lowest BCUT2D eigenvalue weighted by atomic mass is 10.3. The highest BCUT2D eigenvalue weighted by molar-refractivity contribution is 6.12. The van der Waals surface area contributed by atoms with Crippen LogP contribution in [0.1, 0.15) is 0 Å². The van der Waals surface area contributed by atoms with Crippen LogP contribution in [0, 0.1) is 0 Å². The maximum absolute atomic E-state index is 11.0. The molecule has 6 heteroatoms. The molecule has 68 valence electrons. The predicted molar refractivity (Wildman–Crippen MR) is 45.0 cm³/mol. The molecule has 12 heavy (non-hydrogen) atoms. The summed E-state index contributed by atoms with van der Waals surface area (Å²) in [4.78, 5) is 14.6. The highest BCUT2D eigenvalue weighted by Crippen LogP contribution is 1.96. The van der Waals surface area contributed by atoms with Crippen molar-refractivity contribution >= 4 is 12.1 Å². The molecule has 0 aliphatic heterocycles. The van der Waals surface area contributed by atoms with Crippen LogP contribution in [0.15, 0.2) is 16.4 Å². The van der Waals surface area contributed by atoms with Crippen molar-refractivity contribution in [2.24, 2.45) is 16.6 Å². The molecule has 0 aliphatic rings. The standard InChI is InChI=1S/C6H12N4O2/c1-9-3-4(5(7)12-2)6(11)10-8/h3H,7-8H2,1-2H3,(H,10,11). The Balaban J connectivity index is 4.77. The molecule has 0 unspecified atom stereocenters. The molecule has 0 heterocycles. The zero-order valence-corrected chi connectivity index (χ0v) is 7.00. The van der Waals surface area contributed by atoms with Gasteiger partial charge in [0.05, 0.1) is 7.11 Å². The van der Waals surface area contributed by atoms with E-state index in [-0.39, 0.29) is 11.5 Å². The van der Waals surface area contributed by atoms with Crippen LogP contribution in [0.25, 0.3) is 0 Å². The second-order valence-corrected chi connectivity index (χ2v) is 1.84. The maximum atomic E-state index is 11.0. The zero-order chi connectivity index (χ0) is 9.56. The predicted octanol–water partition coefficient (Wildman–Crippen LogP) is -1.51. The SMILES string of the molecule is CN=CC(C(=O)NN)=C(N)OC. The van der Waals surface area contributed by atoms with Gasteiger partial charge in [0.25, 0.3) is 5.91 Å².